The Morgan fingerprint density at radius 2 is 1.71 bits per heavy atom. The Labute approximate surface area is 206 Å². The molecule has 1 heterocycles. The summed E-state index contributed by atoms with van der Waals surface area (Å²) in [5.41, 5.74) is 9.58. The summed E-state index contributed by atoms with van der Waals surface area (Å²) in [7, 11) is -3.67. The van der Waals surface area contributed by atoms with Crippen LogP contribution >= 0.6 is 12.4 Å². The van der Waals surface area contributed by atoms with Crippen LogP contribution in [0.1, 0.15) is 29.5 Å². The lowest BCUT2D eigenvalue weighted by Crippen LogP contribution is -2.36. The number of amidine groups is 1. The standard InChI is InChI=1S/C25H26N4O3S.ClH/c26-25(27)19-10-8-18(9-11-19)5-4-16-29-23-14-13-21(17-20(23)12-15-24(29)30)28-33(31,32)22-6-2-1-3-7-22;/h1-3,6-11,13-14,17,28H,4-5,12,15-16H2,(H3,26,27);1H. The Bertz CT molecular complexity index is 1280. The van der Waals surface area contributed by atoms with Crippen molar-refractivity contribution in [2.24, 2.45) is 5.73 Å². The summed E-state index contributed by atoms with van der Waals surface area (Å²) in [5, 5.41) is 7.47. The van der Waals surface area contributed by atoms with Gasteiger partial charge in [0.1, 0.15) is 5.84 Å². The number of sulfonamides is 1. The second-order valence-electron chi connectivity index (χ2n) is 8.02. The quantitative estimate of drug-likeness (QED) is 0.320. The number of fused-ring (bicyclic) bond motifs is 1. The van der Waals surface area contributed by atoms with Gasteiger partial charge in [-0.05, 0) is 60.7 Å². The van der Waals surface area contributed by atoms with Gasteiger partial charge in [0.05, 0.1) is 4.90 Å². The highest BCUT2D eigenvalue weighted by atomic mass is 35.5. The van der Waals surface area contributed by atoms with Gasteiger partial charge in [0.2, 0.25) is 5.91 Å². The van der Waals surface area contributed by atoms with Crippen LogP contribution in [0, 0.1) is 5.41 Å². The summed E-state index contributed by atoms with van der Waals surface area (Å²) in [5.74, 6) is 0.120. The number of nitrogens with zero attached hydrogens (tertiary/aromatic N) is 1. The van der Waals surface area contributed by atoms with Crippen LogP contribution in [0.4, 0.5) is 11.4 Å². The zero-order chi connectivity index (χ0) is 23.4. The van der Waals surface area contributed by atoms with Crippen molar-refractivity contribution >= 4 is 45.5 Å². The van der Waals surface area contributed by atoms with E-state index in [1.807, 2.05) is 36.4 Å². The van der Waals surface area contributed by atoms with Gasteiger partial charge in [0.25, 0.3) is 10.0 Å². The molecule has 0 saturated heterocycles. The van der Waals surface area contributed by atoms with Gasteiger partial charge in [-0.1, -0.05) is 42.5 Å². The molecule has 0 fully saturated rings. The molecule has 0 spiro atoms. The average Bonchev–Trinajstić information content (AvgIpc) is 2.81. The van der Waals surface area contributed by atoms with E-state index in [0.29, 0.717) is 30.6 Å². The van der Waals surface area contributed by atoms with Crippen LogP contribution in [0.15, 0.2) is 77.7 Å². The van der Waals surface area contributed by atoms with E-state index in [1.54, 1.807) is 41.3 Å². The highest BCUT2D eigenvalue weighted by Crippen LogP contribution is 2.31. The van der Waals surface area contributed by atoms with Crippen molar-refractivity contribution in [2.45, 2.75) is 30.6 Å². The third kappa shape index (κ3) is 5.76. The first kappa shape index (κ1) is 25.3. The van der Waals surface area contributed by atoms with Gasteiger partial charge in [-0.3, -0.25) is 14.9 Å². The van der Waals surface area contributed by atoms with Gasteiger partial charge in [-0.15, -0.1) is 12.4 Å². The van der Waals surface area contributed by atoms with E-state index in [1.165, 1.54) is 0 Å². The van der Waals surface area contributed by atoms with Crippen LogP contribution in [0.2, 0.25) is 0 Å². The van der Waals surface area contributed by atoms with Crippen molar-refractivity contribution in [3.63, 3.8) is 0 Å². The minimum absolute atomic E-state index is 0. The Hall–Kier alpha value is -3.36. The molecule has 4 rings (SSSR count). The topological polar surface area (TPSA) is 116 Å². The monoisotopic (exact) mass is 498 g/mol. The maximum Gasteiger partial charge on any atom is 0.261 e. The molecule has 1 aliphatic rings. The van der Waals surface area contributed by atoms with Crippen molar-refractivity contribution in [1.82, 2.24) is 0 Å². The third-order valence-corrected chi connectivity index (χ3v) is 7.09. The Morgan fingerprint density at radius 1 is 1.00 bits per heavy atom. The Balaban J connectivity index is 0.00000324. The van der Waals surface area contributed by atoms with Gasteiger partial charge in [-0.25, -0.2) is 8.42 Å². The largest absolute Gasteiger partial charge is 0.384 e. The molecule has 1 aliphatic heterocycles. The number of benzene rings is 3. The molecule has 34 heavy (non-hydrogen) atoms. The van der Waals surface area contributed by atoms with E-state index in [2.05, 4.69) is 4.72 Å². The minimum Gasteiger partial charge on any atom is -0.384 e. The molecule has 0 aliphatic carbocycles. The highest BCUT2D eigenvalue weighted by molar-refractivity contribution is 7.92. The fraction of sp³-hybridized carbons (Fsp3) is 0.200. The van der Waals surface area contributed by atoms with Gasteiger partial charge in [0, 0.05) is 29.9 Å². The van der Waals surface area contributed by atoms with E-state index in [9.17, 15) is 13.2 Å². The maximum atomic E-state index is 12.6. The number of rotatable bonds is 8. The molecule has 3 aromatic carbocycles. The number of aryl methyl sites for hydroxylation is 2. The maximum absolute atomic E-state index is 12.6. The van der Waals surface area contributed by atoms with Crippen LogP contribution in [-0.2, 0) is 27.7 Å². The van der Waals surface area contributed by atoms with E-state index in [0.717, 1.165) is 29.7 Å². The lowest BCUT2D eigenvalue weighted by molar-refractivity contribution is -0.118. The zero-order valence-electron chi connectivity index (χ0n) is 18.5. The fourth-order valence-corrected chi connectivity index (χ4v) is 5.05. The summed E-state index contributed by atoms with van der Waals surface area (Å²) >= 11 is 0. The second-order valence-corrected chi connectivity index (χ2v) is 9.70. The number of nitrogens with one attached hydrogen (secondary N) is 2. The second kappa shape index (κ2) is 10.7. The molecule has 0 aromatic heterocycles. The fourth-order valence-electron chi connectivity index (χ4n) is 3.97. The first-order valence-electron chi connectivity index (χ1n) is 10.8. The predicted molar refractivity (Wildman–Crippen MR) is 137 cm³/mol. The molecule has 0 atom stereocenters. The van der Waals surface area contributed by atoms with E-state index in [4.69, 9.17) is 11.1 Å². The number of carbonyl (C=O) groups is 1. The first-order valence-corrected chi connectivity index (χ1v) is 12.3. The molecule has 178 valence electrons. The number of hydrogen-bond acceptors (Lipinski definition) is 4. The number of nitrogens with two attached hydrogens (primary N) is 1. The number of anilines is 2. The number of halogens is 1. The van der Waals surface area contributed by atoms with Crippen molar-refractivity contribution < 1.29 is 13.2 Å². The Kier molecular flexibility index (Phi) is 7.96. The highest BCUT2D eigenvalue weighted by Gasteiger charge is 2.24. The molecule has 0 bridgehead atoms. The number of amides is 1. The molecule has 7 nitrogen and oxygen atoms in total. The van der Waals surface area contributed by atoms with Gasteiger partial charge < -0.3 is 10.6 Å². The number of carbonyl (C=O) groups excluding carboxylic acids is 1. The summed E-state index contributed by atoms with van der Waals surface area (Å²) in [6.07, 6.45) is 2.56. The number of nitrogen functional groups attached to an aromatic ring is 1. The van der Waals surface area contributed by atoms with Crippen LogP contribution in [0.5, 0.6) is 0 Å². The summed E-state index contributed by atoms with van der Waals surface area (Å²) in [6.45, 7) is 0.579. The molecule has 1 amide bonds. The lowest BCUT2D eigenvalue weighted by atomic mass is 9.99. The van der Waals surface area contributed by atoms with Crippen molar-refractivity contribution in [3.8, 4) is 0 Å². The predicted octanol–water partition coefficient (Wildman–Crippen LogP) is 4.11. The smallest absolute Gasteiger partial charge is 0.261 e. The van der Waals surface area contributed by atoms with Crippen molar-refractivity contribution in [2.75, 3.05) is 16.2 Å². The minimum atomic E-state index is -3.67. The van der Waals surface area contributed by atoms with E-state index < -0.39 is 10.0 Å². The Morgan fingerprint density at radius 3 is 2.38 bits per heavy atom. The first-order chi connectivity index (χ1) is 15.8. The summed E-state index contributed by atoms with van der Waals surface area (Å²) in [6, 6.07) is 21.1. The van der Waals surface area contributed by atoms with Crippen LogP contribution in [-0.4, -0.2) is 26.7 Å². The molecular weight excluding hydrogens is 472 g/mol. The van der Waals surface area contributed by atoms with Crippen LogP contribution in [0.3, 0.4) is 0 Å². The number of hydrogen-bond donors (Lipinski definition) is 3. The van der Waals surface area contributed by atoms with E-state index >= 15 is 0 Å². The molecule has 9 heteroatoms. The van der Waals surface area contributed by atoms with Gasteiger partial charge in [0.15, 0.2) is 0 Å². The molecule has 3 aromatic rings. The van der Waals surface area contributed by atoms with Crippen LogP contribution < -0.4 is 15.4 Å². The van der Waals surface area contributed by atoms with Gasteiger partial charge >= 0.3 is 0 Å². The normalized spacial score (nSPS) is 13.1. The molecule has 4 N–H and O–H groups in total. The molecule has 0 unspecified atom stereocenters. The summed E-state index contributed by atoms with van der Waals surface area (Å²) < 4.78 is 27.9. The lowest BCUT2D eigenvalue weighted by Gasteiger charge is -2.30. The van der Waals surface area contributed by atoms with Gasteiger partial charge in [-0.2, -0.15) is 0 Å². The van der Waals surface area contributed by atoms with Crippen LogP contribution in [0.25, 0.3) is 0 Å². The third-order valence-electron chi connectivity index (χ3n) is 5.70. The van der Waals surface area contributed by atoms with Crippen molar-refractivity contribution in [3.05, 3.63) is 89.5 Å². The van der Waals surface area contributed by atoms with Crippen molar-refractivity contribution in [1.29, 1.82) is 5.41 Å². The summed E-state index contributed by atoms with van der Waals surface area (Å²) in [4.78, 5) is 14.6. The molecular formula is C25H27ClN4O3S. The zero-order valence-corrected chi connectivity index (χ0v) is 20.2. The molecule has 0 radical (unpaired) electrons. The molecule has 0 saturated carbocycles. The van der Waals surface area contributed by atoms with E-state index in [-0.39, 0.29) is 29.0 Å². The SMILES string of the molecule is Cl.N=C(N)c1ccc(CCCN2C(=O)CCc3cc(NS(=O)(=O)c4ccccc4)ccc32)cc1. The average molecular weight is 499 g/mol.